The molecule has 2 aromatic rings. The van der Waals surface area contributed by atoms with Crippen molar-refractivity contribution in [3.8, 4) is 22.6 Å². The lowest BCUT2D eigenvalue weighted by atomic mass is 9.80. The highest BCUT2D eigenvalue weighted by molar-refractivity contribution is 5.75. The van der Waals surface area contributed by atoms with Crippen LogP contribution in [-0.4, -0.2) is 44.8 Å². The van der Waals surface area contributed by atoms with Crippen molar-refractivity contribution in [2.75, 3.05) is 26.9 Å². The van der Waals surface area contributed by atoms with Gasteiger partial charge >= 0.3 is 11.9 Å². The summed E-state index contributed by atoms with van der Waals surface area (Å²) in [6, 6.07) is 13.9. The number of methoxy groups -OCH3 is 1. The predicted molar refractivity (Wildman–Crippen MR) is 146 cm³/mol. The normalized spacial score (nSPS) is 11.1. The number of nitrogens with two attached hydrogens (primary N) is 1. The Bertz CT molecular complexity index is 1030. The first kappa shape index (κ1) is 30.7. The van der Waals surface area contributed by atoms with Gasteiger partial charge in [0.15, 0.2) is 0 Å². The van der Waals surface area contributed by atoms with Gasteiger partial charge in [-0.2, -0.15) is 0 Å². The molecule has 0 aliphatic rings. The lowest BCUT2D eigenvalue weighted by molar-refractivity contribution is -0.154. The third-order valence-electron chi connectivity index (χ3n) is 6.36. The van der Waals surface area contributed by atoms with Crippen molar-refractivity contribution in [1.82, 2.24) is 0 Å². The molecule has 2 rings (SSSR count). The molecule has 0 heterocycles. The molecule has 0 saturated carbocycles. The molecule has 8 nitrogen and oxygen atoms in total. The van der Waals surface area contributed by atoms with Crippen LogP contribution < -0.4 is 15.2 Å². The monoisotopic (exact) mass is 527 g/mol. The Morgan fingerprint density at radius 1 is 0.895 bits per heavy atom. The van der Waals surface area contributed by atoms with Crippen LogP contribution in [0, 0.1) is 5.41 Å². The number of aryl methyl sites for hydroxylation is 1. The van der Waals surface area contributed by atoms with Crippen molar-refractivity contribution in [1.29, 1.82) is 0 Å². The molecule has 2 aromatic carbocycles. The quantitative estimate of drug-likeness (QED) is 0.221. The van der Waals surface area contributed by atoms with Crippen molar-refractivity contribution in [2.45, 2.75) is 65.7 Å². The van der Waals surface area contributed by atoms with Gasteiger partial charge in [0.25, 0.3) is 0 Å². The van der Waals surface area contributed by atoms with Crippen LogP contribution >= 0.6 is 0 Å². The van der Waals surface area contributed by atoms with Crippen molar-refractivity contribution in [3.05, 3.63) is 48.0 Å². The fraction of sp³-hybridized carbons (Fsp3) is 0.500. The van der Waals surface area contributed by atoms with E-state index >= 15 is 0 Å². The number of carbonyl (C=O) groups is 3. The summed E-state index contributed by atoms with van der Waals surface area (Å²) in [6.07, 6.45) is 5.53. The van der Waals surface area contributed by atoms with Crippen LogP contribution in [0.1, 0.15) is 64.9 Å². The van der Waals surface area contributed by atoms with Gasteiger partial charge in [0.2, 0.25) is 5.91 Å². The third kappa shape index (κ3) is 10.4. The summed E-state index contributed by atoms with van der Waals surface area (Å²) >= 11 is 0. The Labute approximate surface area is 225 Å². The van der Waals surface area contributed by atoms with E-state index in [0.29, 0.717) is 19.4 Å². The van der Waals surface area contributed by atoms with Gasteiger partial charge in [-0.05, 0) is 42.5 Å². The highest BCUT2D eigenvalue weighted by Gasteiger charge is 2.35. The maximum absolute atomic E-state index is 11.8. The second-order valence-electron chi connectivity index (χ2n) is 9.67. The van der Waals surface area contributed by atoms with Gasteiger partial charge in [-0.3, -0.25) is 14.4 Å². The van der Waals surface area contributed by atoms with Gasteiger partial charge in [0.05, 0.1) is 13.7 Å². The largest absolute Gasteiger partial charge is 0.496 e. The first-order valence-corrected chi connectivity index (χ1v) is 13.1. The summed E-state index contributed by atoms with van der Waals surface area (Å²) < 4.78 is 22.0. The van der Waals surface area contributed by atoms with Crippen LogP contribution in [0.5, 0.6) is 11.5 Å². The number of hydrogen-bond acceptors (Lipinski definition) is 7. The van der Waals surface area contributed by atoms with Crippen LogP contribution in [0.4, 0.5) is 0 Å². The second-order valence-corrected chi connectivity index (χ2v) is 9.67. The maximum atomic E-state index is 11.8. The SMILES string of the molecule is CCCCCCOc1ccc(-c2ccc(CCC(COC(C)=O)(COC(C)=O)CC(N)=O)cc2)c(OC)c1. The molecule has 0 saturated heterocycles. The summed E-state index contributed by atoms with van der Waals surface area (Å²) in [5.41, 5.74) is 7.53. The first-order chi connectivity index (χ1) is 18.2. The molecule has 0 bridgehead atoms. The van der Waals surface area contributed by atoms with E-state index in [-0.39, 0.29) is 19.6 Å². The standard InChI is InChI=1S/C30H41NO7/c1-5-6-7-8-17-36-26-13-14-27(28(18-26)35-4)25-11-9-24(10-12-25)15-16-30(19-29(31)34,20-37-22(2)32)21-38-23(3)33/h9-14,18H,5-8,15-17,19-21H2,1-4H3,(H2,31,34). The number of rotatable bonds is 17. The van der Waals surface area contributed by atoms with Crippen LogP contribution in [0.3, 0.4) is 0 Å². The van der Waals surface area contributed by atoms with Crippen molar-refractivity contribution < 1.29 is 33.3 Å². The van der Waals surface area contributed by atoms with Gasteiger partial charge in [-0.1, -0.05) is 50.5 Å². The third-order valence-corrected chi connectivity index (χ3v) is 6.36. The Balaban J connectivity index is 2.13. The average molecular weight is 528 g/mol. The molecule has 2 N–H and O–H groups in total. The molecule has 0 atom stereocenters. The summed E-state index contributed by atoms with van der Waals surface area (Å²) in [5, 5.41) is 0. The molecule has 0 aliphatic heterocycles. The number of carbonyl (C=O) groups excluding carboxylic acids is 3. The fourth-order valence-electron chi connectivity index (χ4n) is 4.23. The van der Waals surface area contributed by atoms with Gasteiger partial charge < -0.3 is 24.7 Å². The molecule has 1 amide bonds. The zero-order chi connectivity index (χ0) is 28.0. The first-order valence-electron chi connectivity index (χ1n) is 13.1. The summed E-state index contributed by atoms with van der Waals surface area (Å²) in [6.45, 7) is 5.32. The van der Waals surface area contributed by atoms with E-state index in [1.165, 1.54) is 26.7 Å². The minimum Gasteiger partial charge on any atom is -0.496 e. The molecule has 0 aliphatic carbocycles. The minimum absolute atomic E-state index is 0.0686. The lowest BCUT2D eigenvalue weighted by Gasteiger charge is -2.31. The van der Waals surface area contributed by atoms with Gasteiger partial charge in [-0.25, -0.2) is 0 Å². The Kier molecular flexibility index (Phi) is 12.6. The minimum atomic E-state index is -0.905. The summed E-state index contributed by atoms with van der Waals surface area (Å²) in [7, 11) is 1.64. The van der Waals surface area contributed by atoms with Gasteiger partial charge in [0, 0.05) is 37.3 Å². The molecular formula is C30H41NO7. The van der Waals surface area contributed by atoms with E-state index < -0.39 is 23.3 Å². The van der Waals surface area contributed by atoms with Crippen molar-refractivity contribution in [3.63, 3.8) is 0 Å². The van der Waals surface area contributed by atoms with Crippen LogP contribution in [0.2, 0.25) is 0 Å². The van der Waals surface area contributed by atoms with E-state index in [4.69, 9.17) is 24.7 Å². The van der Waals surface area contributed by atoms with E-state index in [1.54, 1.807) is 7.11 Å². The van der Waals surface area contributed by atoms with E-state index in [9.17, 15) is 14.4 Å². The molecule has 0 unspecified atom stereocenters. The zero-order valence-corrected chi connectivity index (χ0v) is 23.0. The van der Waals surface area contributed by atoms with Crippen LogP contribution in [0.25, 0.3) is 11.1 Å². The number of esters is 2. The molecule has 0 fully saturated rings. The maximum Gasteiger partial charge on any atom is 0.302 e. The Morgan fingerprint density at radius 3 is 2.11 bits per heavy atom. The smallest absolute Gasteiger partial charge is 0.302 e. The number of ether oxygens (including phenoxy) is 4. The number of amides is 1. The second kappa shape index (κ2) is 15.6. The molecule has 38 heavy (non-hydrogen) atoms. The molecule has 0 aromatic heterocycles. The Morgan fingerprint density at radius 2 is 1.55 bits per heavy atom. The summed E-state index contributed by atoms with van der Waals surface area (Å²) in [4.78, 5) is 34.7. The van der Waals surface area contributed by atoms with E-state index in [0.717, 1.165) is 41.0 Å². The summed E-state index contributed by atoms with van der Waals surface area (Å²) in [5.74, 6) is -0.00184. The highest BCUT2D eigenvalue weighted by atomic mass is 16.5. The van der Waals surface area contributed by atoms with Crippen LogP contribution in [0.15, 0.2) is 42.5 Å². The molecule has 0 radical (unpaired) electrons. The van der Waals surface area contributed by atoms with Crippen molar-refractivity contribution in [2.24, 2.45) is 11.1 Å². The molecule has 0 spiro atoms. The van der Waals surface area contributed by atoms with Crippen molar-refractivity contribution >= 4 is 17.8 Å². The molecular weight excluding hydrogens is 486 g/mol. The lowest BCUT2D eigenvalue weighted by Crippen LogP contribution is -2.38. The van der Waals surface area contributed by atoms with Gasteiger partial charge in [-0.15, -0.1) is 0 Å². The number of unbranched alkanes of at least 4 members (excludes halogenated alkanes) is 3. The van der Waals surface area contributed by atoms with Gasteiger partial charge in [0.1, 0.15) is 24.7 Å². The van der Waals surface area contributed by atoms with E-state index in [2.05, 4.69) is 6.92 Å². The topological polar surface area (TPSA) is 114 Å². The predicted octanol–water partition coefficient (Wildman–Crippen LogP) is 5.24. The number of hydrogen-bond donors (Lipinski definition) is 1. The number of benzene rings is 2. The fourth-order valence-corrected chi connectivity index (χ4v) is 4.23. The number of primary amides is 1. The molecule has 208 valence electrons. The zero-order valence-electron chi connectivity index (χ0n) is 23.0. The van der Waals surface area contributed by atoms with E-state index in [1.807, 2.05) is 42.5 Å². The Hall–Kier alpha value is -3.55. The molecule has 8 heteroatoms. The highest BCUT2D eigenvalue weighted by Crippen LogP contribution is 2.34. The average Bonchev–Trinajstić information content (AvgIpc) is 2.89. The van der Waals surface area contributed by atoms with Crippen LogP contribution in [-0.2, 0) is 30.3 Å².